The molecule has 0 aromatic carbocycles. The fourth-order valence-corrected chi connectivity index (χ4v) is 1.86. The maximum atomic E-state index is 10.4. The molecule has 1 radical (unpaired) electrons. The molecule has 3 unspecified atom stereocenters. The van der Waals surface area contributed by atoms with Crippen molar-refractivity contribution in [1.82, 2.24) is 0 Å². The van der Waals surface area contributed by atoms with E-state index in [-0.39, 0.29) is 34.7 Å². The van der Waals surface area contributed by atoms with Gasteiger partial charge in [-0.2, -0.15) is 0 Å². The summed E-state index contributed by atoms with van der Waals surface area (Å²) in [7, 11) is 0. The summed E-state index contributed by atoms with van der Waals surface area (Å²) in [6.07, 6.45) is 0.951. The number of carbonyl (C=O) groups is 6. The van der Waals surface area contributed by atoms with E-state index in [1.165, 1.54) is 20.8 Å². The standard InChI is InChI=1S/3C6H10O3.Cr/c3*1-3-5(4(2)7)6(8)9;/h3*5H,3H2,1-2H3,(H,8,9);/q;;;+3/p-3. The number of aliphatic carboxylic acids is 3. The van der Waals surface area contributed by atoms with Crippen LogP contribution in [0, 0.1) is 17.8 Å². The molecule has 0 aromatic rings. The normalized spacial score (nSPS) is 12.2. The Hall–Kier alpha value is -2.05. The van der Waals surface area contributed by atoms with Gasteiger partial charge >= 0.3 is 17.4 Å². The van der Waals surface area contributed by atoms with Gasteiger partial charge in [0.25, 0.3) is 0 Å². The maximum absolute atomic E-state index is 10.4. The van der Waals surface area contributed by atoms with E-state index in [1.54, 1.807) is 20.8 Å². The number of carboxylic acids is 3. The Balaban J connectivity index is -0.000000152. The van der Waals surface area contributed by atoms with Gasteiger partial charge < -0.3 is 29.7 Å². The van der Waals surface area contributed by atoms with Gasteiger partial charge in [0.05, 0.1) is 35.7 Å². The first-order chi connectivity index (χ1) is 12.3. The molecule has 3 atom stereocenters. The van der Waals surface area contributed by atoms with Crippen LogP contribution in [-0.4, -0.2) is 35.3 Å². The molecule has 0 rings (SSSR count). The minimum absolute atomic E-state index is 0. The van der Waals surface area contributed by atoms with E-state index in [4.69, 9.17) is 0 Å². The first-order valence-corrected chi connectivity index (χ1v) is 8.42. The van der Waals surface area contributed by atoms with Gasteiger partial charge in [-0.25, -0.2) is 0 Å². The van der Waals surface area contributed by atoms with Gasteiger partial charge in [0.15, 0.2) is 0 Å². The fraction of sp³-hybridized carbons (Fsp3) is 0.667. The average molecular weight is 439 g/mol. The molecule has 0 saturated heterocycles. The van der Waals surface area contributed by atoms with E-state index in [2.05, 4.69) is 0 Å². The Labute approximate surface area is 175 Å². The quantitative estimate of drug-likeness (QED) is 0.370. The molecule has 0 amide bonds. The molecule has 0 aliphatic heterocycles. The Kier molecular flexibility index (Phi) is 21.9. The van der Waals surface area contributed by atoms with Crippen molar-refractivity contribution in [3.8, 4) is 0 Å². The van der Waals surface area contributed by atoms with Crippen molar-refractivity contribution in [3.05, 3.63) is 0 Å². The Morgan fingerprint density at radius 2 is 0.679 bits per heavy atom. The molecule has 10 heteroatoms. The van der Waals surface area contributed by atoms with Crippen molar-refractivity contribution >= 4 is 35.3 Å². The third kappa shape index (κ3) is 16.1. The van der Waals surface area contributed by atoms with Crippen LogP contribution < -0.4 is 15.3 Å². The van der Waals surface area contributed by atoms with Crippen molar-refractivity contribution < 1.29 is 61.4 Å². The second-order valence-electron chi connectivity index (χ2n) is 5.67. The number of hydrogen-bond acceptors (Lipinski definition) is 9. The topological polar surface area (TPSA) is 172 Å². The number of Topliss-reactive ketones (excluding diaryl/α,β-unsaturated/α-hetero) is 3. The van der Waals surface area contributed by atoms with Crippen LogP contribution in [0.3, 0.4) is 0 Å². The molecular weight excluding hydrogens is 412 g/mol. The Bertz CT molecular complexity index is 425. The van der Waals surface area contributed by atoms with Gasteiger partial charge in [0.1, 0.15) is 17.3 Å². The van der Waals surface area contributed by atoms with Crippen LogP contribution in [0.25, 0.3) is 0 Å². The van der Waals surface area contributed by atoms with Crippen LogP contribution in [0.1, 0.15) is 60.8 Å². The van der Waals surface area contributed by atoms with Crippen LogP contribution in [0.15, 0.2) is 0 Å². The molecule has 0 bridgehead atoms. The van der Waals surface area contributed by atoms with E-state index < -0.39 is 35.7 Å². The number of carboxylic acid groups (broad SMARTS) is 3. The second kappa shape index (κ2) is 18.3. The van der Waals surface area contributed by atoms with Crippen LogP contribution in [0.5, 0.6) is 0 Å². The molecule has 0 aliphatic rings. The van der Waals surface area contributed by atoms with Crippen molar-refractivity contribution in [2.75, 3.05) is 0 Å². The molecule has 0 aliphatic carbocycles. The summed E-state index contributed by atoms with van der Waals surface area (Å²) in [5.74, 6) is -7.56. The number of carbonyl (C=O) groups excluding carboxylic acids is 6. The Morgan fingerprint density at radius 1 is 0.536 bits per heavy atom. The first kappa shape index (κ1) is 33.5. The molecule has 159 valence electrons. The van der Waals surface area contributed by atoms with E-state index in [0.717, 1.165) is 0 Å². The first-order valence-electron chi connectivity index (χ1n) is 8.42. The summed E-state index contributed by atoms with van der Waals surface area (Å²) >= 11 is 0. The molecule has 0 spiro atoms. The molecule has 9 nitrogen and oxygen atoms in total. The van der Waals surface area contributed by atoms with Crippen LogP contribution in [0.2, 0.25) is 0 Å². The van der Waals surface area contributed by atoms with Crippen molar-refractivity contribution in [1.29, 1.82) is 0 Å². The molecule has 0 heterocycles. The SMILES string of the molecule is CCC(C(C)=O)C(=O)[O-].CCC(C(C)=O)C(=O)[O-].CCC(C(C)=O)C(=O)[O-].[Cr+3]. The van der Waals surface area contributed by atoms with Crippen LogP contribution in [-0.2, 0) is 46.1 Å². The third-order valence-electron chi connectivity index (χ3n) is 3.55. The zero-order valence-electron chi connectivity index (χ0n) is 16.9. The molecule has 0 aromatic heterocycles. The van der Waals surface area contributed by atoms with Crippen molar-refractivity contribution in [3.63, 3.8) is 0 Å². The summed E-state index contributed by atoms with van der Waals surface area (Å²) in [5, 5.41) is 30.1. The fourth-order valence-electron chi connectivity index (χ4n) is 1.86. The minimum Gasteiger partial charge on any atom is -0.549 e. The summed E-state index contributed by atoms with van der Waals surface area (Å²) in [6, 6.07) is 0. The van der Waals surface area contributed by atoms with E-state index in [1.807, 2.05) is 0 Å². The average Bonchev–Trinajstić information content (AvgIpc) is 2.47. The predicted molar refractivity (Wildman–Crippen MR) is 88.4 cm³/mol. The van der Waals surface area contributed by atoms with Crippen molar-refractivity contribution in [2.45, 2.75) is 60.8 Å². The molecule has 0 fully saturated rings. The smallest absolute Gasteiger partial charge is 0.549 e. The molecule has 0 N–H and O–H groups in total. The van der Waals surface area contributed by atoms with Gasteiger partial charge in [0.2, 0.25) is 0 Å². The number of rotatable bonds is 9. The van der Waals surface area contributed by atoms with Crippen LogP contribution in [0.4, 0.5) is 0 Å². The molecular formula is C18H27CrO9. The third-order valence-corrected chi connectivity index (χ3v) is 3.55. The predicted octanol–water partition coefficient (Wildman–Crippen LogP) is -1.95. The van der Waals surface area contributed by atoms with Crippen LogP contribution >= 0.6 is 0 Å². The summed E-state index contributed by atoms with van der Waals surface area (Å²) in [6.45, 7) is 8.68. The van der Waals surface area contributed by atoms with E-state index in [0.29, 0.717) is 19.3 Å². The second-order valence-corrected chi connectivity index (χ2v) is 5.67. The number of ketones is 3. The largest absolute Gasteiger partial charge is 3.00 e. The molecule has 0 saturated carbocycles. The zero-order valence-corrected chi connectivity index (χ0v) is 18.2. The number of hydrogen-bond donors (Lipinski definition) is 0. The minimum atomic E-state index is -1.27. The zero-order chi connectivity index (χ0) is 22.3. The maximum Gasteiger partial charge on any atom is 3.00 e. The van der Waals surface area contributed by atoms with Gasteiger partial charge in [-0.1, -0.05) is 20.8 Å². The van der Waals surface area contributed by atoms with Crippen molar-refractivity contribution in [2.24, 2.45) is 17.8 Å². The Morgan fingerprint density at radius 3 is 0.679 bits per heavy atom. The van der Waals surface area contributed by atoms with E-state index in [9.17, 15) is 44.1 Å². The van der Waals surface area contributed by atoms with Gasteiger partial charge in [-0.15, -0.1) is 0 Å². The monoisotopic (exact) mass is 439 g/mol. The molecule has 28 heavy (non-hydrogen) atoms. The van der Waals surface area contributed by atoms with E-state index >= 15 is 0 Å². The summed E-state index contributed by atoms with van der Waals surface area (Å²) in [5.41, 5.74) is 0. The summed E-state index contributed by atoms with van der Waals surface area (Å²) in [4.78, 5) is 61.3. The van der Waals surface area contributed by atoms with Gasteiger partial charge in [-0.3, -0.25) is 14.4 Å². The summed E-state index contributed by atoms with van der Waals surface area (Å²) < 4.78 is 0. The van der Waals surface area contributed by atoms with Gasteiger partial charge in [0, 0.05) is 0 Å². The van der Waals surface area contributed by atoms with Gasteiger partial charge in [-0.05, 0) is 40.0 Å².